The Hall–Kier alpha value is -18.2. The molecule has 0 unspecified atom stereocenters. The molecule has 4 fully saturated rings. The van der Waals surface area contributed by atoms with E-state index >= 15 is 0 Å². The molecule has 1 aliphatic carbocycles. The minimum Gasteiger partial charge on any atom is -0.335 e. The molecule has 3 aliphatic heterocycles. The van der Waals surface area contributed by atoms with Crippen LogP contribution in [0.4, 0.5) is 23.2 Å². The van der Waals surface area contributed by atoms with Crippen LogP contribution >= 0.6 is 0 Å². The van der Waals surface area contributed by atoms with Crippen molar-refractivity contribution in [3.05, 3.63) is 333 Å². The third kappa shape index (κ3) is 19.5. The number of aromatic nitrogens is 24. The highest BCUT2D eigenvalue weighted by Gasteiger charge is 2.28. The van der Waals surface area contributed by atoms with Gasteiger partial charge in [-0.2, -0.15) is 20.4 Å². The van der Waals surface area contributed by atoms with Gasteiger partial charge >= 0.3 is 0 Å². The van der Waals surface area contributed by atoms with E-state index in [2.05, 4.69) is 175 Å². The summed E-state index contributed by atoms with van der Waals surface area (Å²) < 4.78 is 55.1. The predicted octanol–water partition coefficient (Wildman–Crippen LogP) is 24.0. The van der Waals surface area contributed by atoms with Crippen molar-refractivity contribution in [3.63, 3.8) is 0 Å². The molecular weight excluding hydrogens is 1880 g/mol. The summed E-state index contributed by atoms with van der Waals surface area (Å²) in [7, 11) is 0. The summed E-state index contributed by atoms with van der Waals surface area (Å²) in [6.07, 6.45) is 39.3. The van der Waals surface area contributed by atoms with Gasteiger partial charge in [-0.1, -0.05) is 79.2 Å². The number of piperidine rings is 1. The van der Waals surface area contributed by atoms with E-state index in [0.717, 1.165) is 266 Å². The summed E-state index contributed by atoms with van der Waals surface area (Å²) in [4.78, 5) is 87.8. The third-order valence-corrected chi connectivity index (χ3v) is 28.0. The number of likely N-dealkylation sites (tertiary alicyclic amines) is 3. The van der Waals surface area contributed by atoms with Crippen molar-refractivity contribution < 1.29 is 22.4 Å². The summed E-state index contributed by atoms with van der Waals surface area (Å²) in [6, 6.07) is 59.0. The zero-order valence-corrected chi connectivity index (χ0v) is 80.4. The Labute approximate surface area is 848 Å². The first kappa shape index (κ1) is 92.0. The molecule has 732 valence electrons. The number of nitrogens with zero attached hydrogens (tertiary/aromatic N) is 19. The zero-order valence-electron chi connectivity index (χ0n) is 80.4. The van der Waals surface area contributed by atoms with Crippen LogP contribution in [0.3, 0.4) is 0 Å². The third-order valence-electron chi connectivity index (χ3n) is 28.0. The molecule has 1 saturated carbocycles. The van der Waals surface area contributed by atoms with Crippen LogP contribution in [-0.4, -0.2) is 180 Å². The van der Waals surface area contributed by atoms with E-state index < -0.39 is 0 Å². The lowest BCUT2D eigenvalue weighted by molar-refractivity contribution is -0.116. The van der Waals surface area contributed by atoms with Crippen LogP contribution < -0.4 is 5.32 Å². The van der Waals surface area contributed by atoms with E-state index in [9.17, 15) is 22.4 Å². The number of hydrogen-bond donors (Lipinski definition) is 9. The number of carbonyl (C=O) groups excluding carboxylic acids is 1. The Morgan fingerprint density at radius 1 is 0.282 bits per heavy atom. The summed E-state index contributed by atoms with van der Waals surface area (Å²) in [6.45, 7) is 9.73. The Kier molecular flexibility index (Phi) is 24.7. The summed E-state index contributed by atoms with van der Waals surface area (Å²) in [5.74, 6) is 1.85. The van der Waals surface area contributed by atoms with Crippen molar-refractivity contribution in [3.8, 4) is 135 Å². The molecule has 0 radical (unpaired) electrons. The Morgan fingerprint density at radius 3 is 0.919 bits per heavy atom. The molecule has 8 aromatic carbocycles. The molecule has 0 bridgehead atoms. The fourth-order valence-corrected chi connectivity index (χ4v) is 20.2. The number of anilines is 1. The molecule has 16 aromatic heterocycles. The van der Waals surface area contributed by atoms with E-state index in [0.29, 0.717) is 47.0 Å². The minimum absolute atomic E-state index is 0.0263. The average molecular weight is 1970 g/mol. The molecule has 29 nitrogen and oxygen atoms in total. The molecule has 24 aromatic rings. The van der Waals surface area contributed by atoms with Gasteiger partial charge in [-0.05, 0) is 273 Å². The van der Waals surface area contributed by atoms with Crippen molar-refractivity contribution in [1.29, 1.82) is 0 Å². The fourth-order valence-electron chi connectivity index (χ4n) is 20.2. The number of carbonyl (C=O) groups is 1. The first-order valence-electron chi connectivity index (χ1n) is 49.8. The van der Waals surface area contributed by atoms with E-state index in [-0.39, 0.29) is 29.2 Å². The van der Waals surface area contributed by atoms with Gasteiger partial charge in [0, 0.05) is 160 Å². The maximum Gasteiger partial charge on any atom is 0.224 e. The topological polar surface area (TPSA) is 371 Å². The second-order valence-corrected chi connectivity index (χ2v) is 38.4. The number of hydrogen-bond acceptors (Lipinski definition) is 20. The van der Waals surface area contributed by atoms with Crippen LogP contribution in [-0.2, 0) is 24.4 Å². The SMILES string of the molecule is Fc1cccc(-c2cncc3[nH]c(-c4n[nH]c5ccc(-c6cncc(CN7CCC7)c6)cc45)nc23)c1.Fc1cccc(-c2cncc3[nH]c(-c4n[nH]c5ccc(-c6cncc(CN7CCCC7)c6)cc45)nc23)c1.Fc1cccc(-c2cncc3[nH]c(-c4n[nH]c5ccc(-c6cncc(CN7CCCCC7)c6)cc45)nc23)c1.O=C(CC1CC1)Nc1cncc(-c2ccc3[nH]nc(-c4nc5c(-c6ccc(F)cc6)cncc5[nH]4)c3c2)c1. The quantitative estimate of drug-likeness (QED) is 0.0302. The summed E-state index contributed by atoms with van der Waals surface area (Å²) in [5, 5.41) is 37.5. The van der Waals surface area contributed by atoms with Crippen LogP contribution in [0, 0.1) is 29.2 Å². The highest BCUT2D eigenvalue weighted by molar-refractivity contribution is 6.04. The average Bonchev–Trinajstić information content (AvgIpc) is 1.62. The van der Waals surface area contributed by atoms with Crippen molar-refractivity contribution in [2.75, 3.05) is 44.6 Å². The fraction of sp³-hybridized carbons (Fsp3) is 0.164. The first-order valence-corrected chi connectivity index (χ1v) is 49.8. The summed E-state index contributed by atoms with van der Waals surface area (Å²) >= 11 is 0. The number of H-pyrrole nitrogens is 8. The molecule has 19 heterocycles. The summed E-state index contributed by atoms with van der Waals surface area (Å²) in [5.41, 5.74) is 31.2. The molecule has 0 atom stereocenters. The normalized spacial score (nSPS) is 14.0. The van der Waals surface area contributed by atoms with E-state index in [1.165, 1.54) is 104 Å². The van der Waals surface area contributed by atoms with Gasteiger partial charge in [-0.25, -0.2) is 37.5 Å². The number of halogens is 4. The van der Waals surface area contributed by atoms with E-state index in [4.69, 9.17) is 19.9 Å². The number of aromatic amines is 8. The predicted molar refractivity (Wildman–Crippen MR) is 570 cm³/mol. The largest absolute Gasteiger partial charge is 0.335 e. The van der Waals surface area contributed by atoms with Gasteiger partial charge in [0.05, 0.1) is 103 Å². The van der Waals surface area contributed by atoms with Gasteiger partial charge in [0.25, 0.3) is 0 Å². The van der Waals surface area contributed by atoms with Crippen LogP contribution in [0.1, 0.15) is 74.5 Å². The van der Waals surface area contributed by atoms with Crippen molar-refractivity contribution in [2.45, 2.75) is 77.4 Å². The number of rotatable bonds is 21. The van der Waals surface area contributed by atoms with Crippen molar-refractivity contribution in [1.82, 2.24) is 135 Å². The maximum atomic E-state index is 13.9. The number of benzene rings is 8. The lowest BCUT2D eigenvalue weighted by atomic mass is 10.0. The molecule has 3 saturated heterocycles. The molecule has 33 heteroatoms. The van der Waals surface area contributed by atoms with Crippen molar-refractivity contribution in [2.24, 2.45) is 5.92 Å². The van der Waals surface area contributed by atoms with Gasteiger partial charge in [0.15, 0.2) is 23.3 Å². The van der Waals surface area contributed by atoms with Gasteiger partial charge in [0.2, 0.25) is 5.91 Å². The molecular formula is C116H94F4N28O. The van der Waals surface area contributed by atoms with Crippen LogP contribution in [0.25, 0.3) is 223 Å². The molecule has 0 spiro atoms. The minimum atomic E-state index is -0.297. The number of nitrogens with one attached hydrogen (secondary N) is 9. The Balaban J connectivity index is 0.000000103. The maximum absolute atomic E-state index is 13.9. The smallest absolute Gasteiger partial charge is 0.224 e. The number of fused-ring (bicyclic) bond motifs is 8. The van der Waals surface area contributed by atoms with Gasteiger partial charge < -0.3 is 25.3 Å². The molecule has 4 aliphatic rings. The lowest BCUT2D eigenvalue weighted by Gasteiger charge is -2.30. The van der Waals surface area contributed by atoms with Crippen LogP contribution in [0.2, 0.25) is 0 Å². The van der Waals surface area contributed by atoms with Gasteiger partial charge in [0.1, 0.15) is 46.0 Å². The monoisotopic (exact) mass is 1970 g/mol. The standard InChI is InChI=1S/C30H26FN7.C29H22FN7O.C29H24FN7.C28H22FN7/c31-23-6-4-5-21(12-23)25-16-33-17-27-28(25)35-30(34-27)29-24-13-20(7-8-26(24)36-37-29)22-11-19(14-32-15-22)18-38-9-2-1-3-10-38;30-20-6-3-17(4-7-20)23-14-32-15-25-27(23)35-29(34-25)28-22-11-18(5-8-24(22)36-37-28)19-10-21(13-31-12-19)33-26(38)9-16-1-2-16;30-22-5-3-4-20(11-22)24-15-32-16-26-27(24)34-29(33-26)28-23-12-19(6-7-25(23)35-36-28)21-10-18(13-31-14-21)17-37-8-1-2-9-37;29-21-4-1-3-19(10-21)23-14-31-15-25-26(23)33-28(32-25)27-22-11-18(5-6-24(22)34-35-27)20-9-17(12-30-13-20)16-36-7-2-8-36/h4-8,11-17H,1-3,9-10,18H2,(H,34,35)(H,36,37);3-8,10-16H,1-2,9H2,(H,33,38)(H,34,35)(H,36,37);3-7,10-16H,1-2,8-9,17H2,(H,33,34)(H,35,36);1,3-6,9-15H,2,7-8,16H2,(H,32,33)(H,34,35). The van der Waals surface area contributed by atoms with Crippen molar-refractivity contribution >= 4 is 99.3 Å². The van der Waals surface area contributed by atoms with Gasteiger partial charge in [-0.3, -0.25) is 79.8 Å². The number of amides is 1. The number of pyridine rings is 8. The molecule has 1 amide bonds. The van der Waals surface area contributed by atoms with E-state index in [1.807, 2.05) is 97.8 Å². The highest BCUT2D eigenvalue weighted by Crippen LogP contribution is 2.42. The lowest BCUT2D eigenvalue weighted by Crippen LogP contribution is -2.36. The Bertz CT molecular complexity index is 9150. The molecule has 9 N–H and O–H groups in total. The first-order chi connectivity index (χ1) is 73.2. The molecule has 149 heavy (non-hydrogen) atoms. The second kappa shape index (κ2) is 40.1. The second-order valence-electron chi connectivity index (χ2n) is 38.4. The van der Waals surface area contributed by atoms with E-state index in [1.54, 1.807) is 92.3 Å². The Morgan fingerprint density at radius 2 is 0.591 bits per heavy atom. The number of imidazole rings is 4. The van der Waals surface area contributed by atoms with Gasteiger partial charge in [-0.15, -0.1) is 0 Å². The highest BCUT2D eigenvalue weighted by atomic mass is 19.1. The molecule has 28 rings (SSSR count). The zero-order chi connectivity index (χ0) is 99.9. The van der Waals surface area contributed by atoms with Crippen LogP contribution in [0.15, 0.2) is 293 Å². The van der Waals surface area contributed by atoms with Crippen LogP contribution in [0.5, 0.6) is 0 Å².